The maximum Gasteiger partial charge on any atom is 0.410 e. The number of rotatable bonds is 2. The molecule has 0 bridgehead atoms. The van der Waals surface area contributed by atoms with Crippen molar-refractivity contribution in [1.29, 1.82) is 0 Å². The highest BCUT2D eigenvalue weighted by molar-refractivity contribution is 7.17. The van der Waals surface area contributed by atoms with Gasteiger partial charge in [0.1, 0.15) is 10.5 Å². The molecule has 0 radical (unpaired) electrons. The van der Waals surface area contributed by atoms with Crippen LogP contribution in [0, 0.1) is 5.82 Å². The molecule has 1 aliphatic heterocycles. The number of carbonyl (C=O) groups is 2. The predicted molar refractivity (Wildman–Crippen MR) is 85.9 cm³/mol. The zero-order valence-electron chi connectivity index (χ0n) is 13.6. The molecule has 1 saturated heterocycles. The number of aromatic carboxylic acids is 1. The molecule has 1 amide bonds. The zero-order chi connectivity index (χ0) is 17.4. The van der Waals surface area contributed by atoms with Crippen LogP contribution in [0.5, 0.6) is 0 Å². The number of anilines is 1. The van der Waals surface area contributed by atoms with Gasteiger partial charge in [-0.2, -0.15) is 0 Å². The third-order valence-corrected chi connectivity index (χ3v) is 4.59. The monoisotopic (exact) mass is 344 g/mol. The van der Waals surface area contributed by atoms with Crippen molar-refractivity contribution in [2.75, 3.05) is 24.5 Å². The van der Waals surface area contributed by atoms with Gasteiger partial charge in [-0.3, -0.25) is 0 Å². The molecule has 1 fully saturated rings. The van der Waals surface area contributed by atoms with Crippen molar-refractivity contribution in [3.05, 3.63) is 16.8 Å². The van der Waals surface area contributed by atoms with Crippen molar-refractivity contribution in [1.82, 2.24) is 4.90 Å². The zero-order valence-corrected chi connectivity index (χ0v) is 14.4. The molecule has 1 aromatic rings. The van der Waals surface area contributed by atoms with Gasteiger partial charge in [-0.15, -0.1) is 11.3 Å². The second-order valence-electron chi connectivity index (χ2n) is 6.54. The summed E-state index contributed by atoms with van der Waals surface area (Å²) in [5, 5.41) is 9.50. The van der Waals surface area contributed by atoms with Crippen molar-refractivity contribution in [2.45, 2.75) is 39.3 Å². The highest BCUT2D eigenvalue weighted by atomic mass is 32.1. The van der Waals surface area contributed by atoms with Crippen molar-refractivity contribution >= 4 is 28.4 Å². The Labute approximate surface area is 138 Å². The second kappa shape index (κ2) is 6.35. The lowest BCUT2D eigenvalue weighted by molar-refractivity contribution is 0.0159. The smallest absolute Gasteiger partial charge is 0.410 e. The Bertz CT molecular complexity index is 611. The van der Waals surface area contributed by atoms with Gasteiger partial charge >= 0.3 is 12.1 Å². The van der Waals surface area contributed by atoms with Crippen LogP contribution in [0.25, 0.3) is 0 Å². The first-order chi connectivity index (χ1) is 10.6. The van der Waals surface area contributed by atoms with Gasteiger partial charge in [0.05, 0.1) is 5.00 Å². The Kier molecular flexibility index (Phi) is 4.84. The minimum absolute atomic E-state index is 0.114. The molecule has 1 atom stereocenters. The molecule has 0 saturated carbocycles. The van der Waals surface area contributed by atoms with Gasteiger partial charge < -0.3 is 19.6 Å². The lowest BCUT2D eigenvalue weighted by Gasteiger charge is -2.40. The molecule has 0 spiro atoms. The van der Waals surface area contributed by atoms with Crippen LogP contribution in [-0.2, 0) is 4.74 Å². The third-order valence-electron chi connectivity index (χ3n) is 3.44. The van der Waals surface area contributed by atoms with Crippen LogP contribution < -0.4 is 4.90 Å². The fourth-order valence-electron chi connectivity index (χ4n) is 2.41. The number of nitrogens with zero attached hydrogens (tertiary/aromatic N) is 2. The maximum atomic E-state index is 13.6. The molecule has 0 aliphatic carbocycles. The number of halogens is 1. The highest BCUT2D eigenvalue weighted by Gasteiger charge is 2.32. The van der Waals surface area contributed by atoms with E-state index in [9.17, 15) is 14.0 Å². The van der Waals surface area contributed by atoms with Gasteiger partial charge in [0.25, 0.3) is 0 Å². The van der Waals surface area contributed by atoms with E-state index in [2.05, 4.69) is 0 Å². The molecule has 1 unspecified atom stereocenters. The minimum atomic E-state index is -1.26. The van der Waals surface area contributed by atoms with Gasteiger partial charge in [-0.1, -0.05) is 0 Å². The molecule has 1 N–H and O–H groups in total. The molecular weight excluding hydrogens is 323 g/mol. The Hall–Kier alpha value is -1.83. The fourth-order valence-corrected chi connectivity index (χ4v) is 3.32. The molecule has 1 aliphatic rings. The molecule has 2 heterocycles. The number of thiophene rings is 1. The average Bonchev–Trinajstić information content (AvgIpc) is 2.78. The second-order valence-corrected chi connectivity index (χ2v) is 7.57. The first-order valence-corrected chi connectivity index (χ1v) is 8.17. The summed E-state index contributed by atoms with van der Waals surface area (Å²) in [6, 6.07) is 1.13. The molecule has 1 aromatic heterocycles. The number of carbonyl (C=O) groups excluding carboxylic acids is 1. The standard InChI is InChI=1S/C15H21FN2O4S/c1-9-8-17(11-7-10(16)12(23-11)13(19)20)5-6-18(9)14(21)22-15(2,3)4/h7,9H,5-6,8H2,1-4H3,(H,19,20). The molecule has 2 rings (SSSR count). The first-order valence-electron chi connectivity index (χ1n) is 7.35. The van der Waals surface area contributed by atoms with Crippen molar-refractivity contribution in [3.8, 4) is 0 Å². The fraction of sp³-hybridized carbons (Fsp3) is 0.600. The maximum absolute atomic E-state index is 13.6. The molecule has 128 valence electrons. The van der Waals surface area contributed by atoms with E-state index in [0.717, 1.165) is 11.3 Å². The summed E-state index contributed by atoms with van der Waals surface area (Å²) >= 11 is 0.912. The number of hydrogen-bond donors (Lipinski definition) is 1. The number of hydrogen-bond acceptors (Lipinski definition) is 5. The van der Waals surface area contributed by atoms with Crippen LogP contribution in [0.15, 0.2) is 6.07 Å². The molecule has 0 aromatic carbocycles. The van der Waals surface area contributed by atoms with Crippen molar-refractivity contribution in [3.63, 3.8) is 0 Å². The quantitative estimate of drug-likeness (QED) is 0.893. The summed E-state index contributed by atoms with van der Waals surface area (Å²) in [5.74, 6) is -1.99. The minimum Gasteiger partial charge on any atom is -0.477 e. The largest absolute Gasteiger partial charge is 0.477 e. The van der Waals surface area contributed by atoms with Gasteiger partial charge in [-0.25, -0.2) is 14.0 Å². The van der Waals surface area contributed by atoms with Crippen molar-refractivity contribution in [2.24, 2.45) is 0 Å². The van der Waals surface area contributed by atoms with Crippen LogP contribution in [0.2, 0.25) is 0 Å². The van der Waals surface area contributed by atoms with Gasteiger partial charge in [-0.05, 0) is 27.7 Å². The first kappa shape index (κ1) is 17.5. The van der Waals surface area contributed by atoms with E-state index in [4.69, 9.17) is 9.84 Å². The van der Waals surface area contributed by atoms with E-state index in [0.29, 0.717) is 24.6 Å². The summed E-state index contributed by atoms with van der Waals surface area (Å²) in [4.78, 5) is 26.4. The van der Waals surface area contributed by atoms with E-state index < -0.39 is 17.4 Å². The SMILES string of the molecule is CC1CN(c2cc(F)c(C(=O)O)s2)CCN1C(=O)OC(C)(C)C. The van der Waals surface area contributed by atoms with Gasteiger partial charge in [0.2, 0.25) is 0 Å². The van der Waals surface area contributed by atoms with Crippen LogP contribution >= 0.6 is 11.3 Å². The number of carboxylic acids is 1. The number of ether oxygens (including phenoxy) is 1. The van der Waals surface area contributed by atoms with Gasteiger partial charge in [0.15, 0.2) is 5.82 Å². The number of carboxylic acid groups (broad SMARTS) is 1. The number of amides is 1. The Morgan fingerprint density at radius 3 is 2.52 bits per heavy atom. The average molecular weight is 344 g/mol. The van der Waals surface area contributed by atoms with E-state index in [1.807, 2.05) is 32.6 Å². The summed E-state index contributed by atoms with van der Waals surface area (Å²) < 4.78 is 19.0. The van der Waals surface area contributed by atoms with Crippen LogP contribution in [-0.4, -0.2) is 53.3 Å². The highest BCUT2D eigenvalue weighted by Crippen LogP contribution is 2.31. The van der Waals surface area contributed by atoms with Crippen LogP contribution in [0.4, 0.5) is 14.2 Å². The van der Waals surface area contributed by atoms with Crippen LogP contribution in [0.1, 0.15) is 37.4 Å². The lowest BCUT2D eigenvalue weighted by Crippen LogP contribution is -2.55. The van der Waals surface area contributed by atoms with E-state index in [1.54, 1.807) is 4.90 Å². The molecule has 6 nitrogen and oxygen atoms in total. The summed E-state index contributed by atoms with van der Waals surface area (Å²) in [6.07, 6.45) is -0.367. The van der Waals surface area contributed by atoms with Gasteiger partial charge in [0, 0.05) is 31.7 Å². The predicted octanol–water partition coefficient (Wildman–Crippen LogP) is 3.03. The Balaban J connectivity index is 2.05. The van der Waals surface area contributed by atoms with Crippen LogP contribution in [0.3, 0.4) is 0 Å². The number of piperazine rings is 1. The summed E-state index contributed by atoms with van der Waals surface area (Å²) in [6.45, 7) is 8.77. The summed E-state index contributed by atoms with van der Waals surface area (Å²) in [7, 11) is 0. The summed E-state index contributed by atoms with van der Waals surface area (Å²) in [5.41, 5.74) is -0.554. The molecular formula is C15H21FN2O4S. The van der Waals surface area contributed by atoms with E-state index >= 15 is 0 Å². The molecule has 23 heavy (non-hydrogen) atoms. The Morgan fingerprint density at radius 2 is 2.04 bits per heavy atom. The van der Waals surface area contributed by atoms with Crippen molar-refractivity contribution < 1.29 is 23.8 Å². The molecule has 8 heteroatoms. The Morgan fingerprint density at radius 1 is 1.39 bits per heavy atom. The third kappa shape index (κ3) is 4.13. The lowest BCUT2D eigenvalue weighted by atomic mass is 10.2. The van der Waals surface area contributed by atoms with E-state index in [-0.39, 0.29) is 17.0 Å². The van der Waals surface area contributed by atoms with E-state index in [1.165, 1.54) is 6.07 Å². The topological polar surface area (TPSA) is 70.1 Å². The normalized spacial score (nSPS) is 18.9.